The van der Waals surface area contributed by atoms with Gasteiger partial charge in [0, 0.05) is 53.3 Å². The van der Waals surface area contributed by atoms with E-state index in [1.807, 2.05) is 6.07 Å². The van der Waals surface area contributed by atoms with Crippen molar-refractivity contribution in [1.82, 2.24) is 30.8 Å². The number of likely N-dealkylation sites (N-methyl/N-ethyl adjacent to an activating group) is 1. The van der Waals surface area contributed by atoms with E-state index >= 15 is 0 Å². The number of hydrogen-bond acceptors (Lipinski definition) is 6. The molecule has 4 N–H and O–H groups in total. The van der Waals surface area contributed by atoms with Crippen molar-refractivity contribution in [1.29, 1.82) is 0 Å². The lowest BCUT2D eigenvalue weighted by atomic mass is 10.1. The number of aromatic nitrogens is 2. The number of H-pyrrole nitrogens is 1. The summed E-state index contributed by atoms with van der Waals surface area (Å²) in [5, 5.41) is 10.6. The van der Waals surface area contributed by atoms with E-state index in [0.29, 0.717) is 28.6 Å². The van der Waals surface area contributed by atoms with Crippen molar-refractivity contribution in [3.05, 3.63) is 50.6 Å². The number of benzene rings is 1. The Labute approximate surface area is 211 Å². The van der Waals surface area contributed by atoms with E-state index in [9.17, 15) is 14.4 Å². The van der Waals surface area contributed by atoms with Crippen LogP contribution >= 0.6 is 22.9 Å². The molecule has 3 atom stereocenters. The predicted molar refractivity (Wildman–Crippen MR) is 135 cm³/mol. The molecule has 5 rings (SSSR count). The fourth-order valence-electron chi connectivity index (χ4n) is 4.90. The number of hydrogen-bond donors (Lipinski definition) is 4. The van der Waals surface area contributed by atoms with Gasteiger partial charge >= 0.3 is 0 Å². The zero-order chi connectivity index (χ0) is 24.7. The van der Waals surface area contributed by atoms with E-state index in [2.05, 4.69) is 37.9 Å². The van der Waals surface area contributed by atoms with Crippen LogP contribution < -0.4 is 16.0 Å². The molecule has 35 heavy (non-hydrogen) atoms. The van der Waals surface area contributed by atoms with Gasteiger partial charge in [-0.25, -0.2) is 4.98 Å². The fourth-order valence-corrected chi connectivity index (χ4v) is 6.17. The van der Waals surface area contributed by atoms with Crippen LogP contribution in [0.5, 0.6) is 0 Å². The Morgan fingerprint density at radius 2 is 1.89 bits per heavy atom. The first-order chi connectivity index (χ1) is 16.8. The molecule has 0 bridgehead atoms. The first-order valence-electron chi connectivity index (χ1n) is 11.6. The van der Waals surface area contributed by atoms with Gasteiger partial charge in [0.25, 0.3) is 11.8 Å². The molecule has 1 aliphatic carbocycles. The van der Waals surface area contributed by atoms with Crippen LogP contribution in [0.2, 0.25) is 5.02 Å². The highest BCUT2D eigenvalue weighted by atomic mass is 35.5. The maximum atomic E-state index is 13.1. The smallest absolute Gasteiger partial charge is 0.280 e. The van der Waals surface area contributed by atoms with Crippen molar-refractivity contribution in [2.75, 3.05) is 20.6 Å². The van der Waals surface area contributed by atoms with Crippen molar-refractivity contribution in [2.45, 2.75) is 37.9 Å². The number of aromatic amines is 1. The van der Waals surface area contributed by atoms with Gasteiger partial charge in [-0.2, -0.15) is 0 Å². The fraction of sp³-hybridized carbons (Fsp3) is 0.417. The maximum absolute atomic E-state index is 13.1. The minimum absolute atomic E-state index is 0.103. The highest BCUT2D eigenvalue weighted by Crippen LogP contribution is 2.29. The zero-order valence-corrected chi connectivity index (χ0v) is 21.1. The number of fused-ring (bicyclic) bond motifs is 2. The Balaban J connectivity index is 1.32. The summed E-state index contributed by atoms with van der Waals surface area (Å²) in [6.07, 6.45) is 1.69. The van der Waals surface area contributed by atoms with Gasteiger partial charge in [0.1, 0.15) is 5.69 Å². The van der Waals surface area contributed by atoms with E-state index in [-0.39, 0.29) is 23.6 Å². The van der Waals surface area contributed by atoms with Gasteiger partial charge < -0.3 is 25.8 Å². The molecule has 2 aliphatic rings. The summed E-state index contributed by atoms with van der Waals surface area (Å²) >= 11 is 7.47. The highest BCUT2D eigenvalue weighted by molar-refractivity contribution is 7.13. The Hall–Kier alpha value is -2.95. The molecule has 1 aromatic carbocycles. The van der Waals surface area contributed by atoms with Crippen LogP contribution in [0.25, 0.3) is 10.9 Å². The summed E-state index contributed by atoms with van der Waals surface area (Å²) in [6, 6.07) is 6.32. The van der Waals surface area contributed by atoms with E-state index in [1.54, 1.807) is 25.2 Å². The number of carbonyl (C=O) groups excluding carboxylic acids is 3. The quantitative estimate of drug-likeness (QED) is 0.416. The lowest BCUT2D eigenvalue weighted by molar-refractivity contribution is -0.124. The number of nitrogens with one attached hydrogen (secondary N) is 4. The van der Waals surface area contributed by atoms with E-state index in [1.165, 1.54) is 11.3 Å². The second-order valence-corrected chi connectivity index (χ2v) is 10.8. The van der Waals surface area contributed by atoms with Crippen molar-refractivity contribution >= 4 is 51.6 Å². The molecule has 184 valence electrons. The van der Waals surface area contributed by atoms with Crippen molar-refractivity contribution < 1.29 is 14.4 Å². The molecule has 1 saturated carbocycles. The minimum Gasteiger partial charge on any atom is -0.359 e. The van der Waals surface area contributed by atoms with Crippen molar-refractivity contribution in [3.8, 4) is 0 Å². The third-order valence-electron chi connectivity index (χ3n) is 6.76. The maximum Gasteiger partial charge on any atom is 0.280 e. The molecular formula is C24H27ClN6O3S. The monoisotopic (exact) mass is 514 g/mol. The third kappa shape index (κ3) is 4.91. The molecule has 0 radical (unpaired) electrons. The average molecular weight is 515 g/mol. The normalized spacial score (nSPS) is 22.1. The third-order valence-corrected chi connectivity index (χ3v) is 8.07. The molecule has 0 saturated heterocycles. The molecule has 0 spiro atoms. The molecule has 9 nitrogen and oxygen atoms in total. The van der Waals surface area contributed by atoms with Crippen LogP contribution in [-0.2, 0) is 17.8 Å². The summed E-state index contributed by atoms with van der Waals surface area (Å²) in [5.41, 5.74) is 2.18. The minimum atomic E-state index is -0.399. The van der Waals surface area contributed by atoms with E-state index in [0.717, 1.165) is 41.0 Å². The lowest BCUT2D eigenvalue weighted by Gasteiger charge is -2.21. The van der Waals surface area contributed by atoms with Gasteiger partial charge in [0.05, 0.1) is 17.8 Å². The predicted octanol–water partition coefficient (Wildman–Crippen LogP) is 2.32. The first-order valence-corrected chi connectivity index (χ1v) is 12.8. The molecule has 3 heterocycles. The van der Waals surface area contributed by atoms with Crippen LogP contribution in [-0.4, -0.2) is 65.3 Å². The average Bonchev–Trinajstić information content (AvgIpc) is 3.54. The molecule has 2 aromatic heterocycles. The number of rotatable bonds is 5. The van der Waals surface area contributed by atoms with Crippen LogP contribution in [0.3, 0.4) is 0 Å². The Bertz CT molecular complexity index is 1300. The summed E-state index contributed by atoms with van der Waals surface area (Å²) < 4.78 is 0. The van der Waals surface area contributed by atoms with Crippen LogP contribution in [0.15, 0.2) is 24.3 Å². The standard InChI is InChI=1S/C24H27ClN6O3S/c1-26-21(32)13-9-17(28-22(33)19-8-12-7-14(25)3-4-15(12)27-19)18(10-13)29-23(34)24-30-16-5-6-31(2)11-20(16)35-24/h3-4,7-8,13,17-18,27H,5-6,9-11H2,1-2H3,(H,26,32)(H,28,33)(H,29,34). The number of nitrogens with zero attached hydrogens (tertiary/aromatic N) is 2. The van der Waals surface area contributed by atoms with Crippen LogP contribution in [0.4, 0.5) is 0 Å². The first kappa shape index (κ1) is 23.8. The molecular weight excluding hydrogens is 488 g/mol. The highest BCUT2D eigenvalue weighted by Gasteiger charge is 2.40. The Morgan fingerprint density at radius 1 is 1.14 bits per heavy atom. The largest absolute Gasteiger partial charge is 0.359 e. The summed E-state index contributed by atoms with van der Waals surface area (Å²) in [5.74, 6) is -0.981. The van der Waals surface area contributed by atoms with Gasteiger partial charge in [-0.3, -0.25) is 14.4 Å². The Kier molecular flexibility index (Phi) is 6.52. The number of thiazole rings is 1. The van der Waals surface area contributed by atoms with Gasteiger partial charge in [-0.15, -0.1) is 11.3 Å². The van der Waals surface area contributed by atoms with Crippen molar-refractivity contribution in [3.63, 3.8) is 0 Å². The second-order valence-electron chi connectivity index (χ2n) is 9.23. The van der Waals surface area contributed by atoms with Gasteiger partial charge in [0.15, 0.2) is 5.01 Å². The van der Waals surface area contributed by atoms with Crippen molar-refractivity contribution in [2.24, 2.45) is 5.92 Å². The Morgan fingerprint density at radius 3 is 2.63 bits per heavy atom. The summed E-state index contributed by atoms with van der Waals surface area (Å²) in [6.45, 7) is 1.71. The van der Waals surface area contributed by atoms with Gasteiger partial charge in [-0.05, 0) is 44.2 Å². The summed E-state index contributed by atoms with van der Waals surface area (Å²) in [7, 11) is 3.64. The molecule has 3 aromatic rings. The zero-order valence-electron chi connectivity index (χ0n) is 19.5. The topological polar surface area (TPSA) is 119 Å². The van der Waals surface area contributed by atoms with Crippen LogP contribution in [0.1, 0.15) is 43.7 Å². The molecule has 11 heteroatoms. The number of amides is 3. The lowest BCUT2D eigenvalue weighted by Crippen LogP contribution is -2.48. The SMILES string of the molecule is CNC(=O)C1CC(NC(=O)c2cc3cc(Cl)ccc3[nH]2)C(NC(=O)c2nc3c(s2)CN(C)CC3)C1. The molecule has 3 unspecified atom stereocenters. The second kappa shape index (κ2) is 9.60. The van der Waals surface area contributed by atoms with Crippen LogP contribution in [0, 0.1) is 5.92 Å². The summed E-state index contributed by atoms with van der Waals surface area (Å²) in [4.78, 5) is 49.5. The van der Waals surface area contributed by atoms with Gasteiger partial charge in [0.2, 0.25) is 5.91 Å². The van der Waals surface area contributed by atoms with Gasteiger partial charge in [-0.1, -0.05) is 11.6 Å². The molecule has 1 fully saturated rings. The number of halogens is 1. The molecule has 1 aliphatic heterocycles. The van der Waals surface area contributed by atoms with E-state index in [4.69, 9.17) is 11.6 Å². The van der Waals surface area contributed by atoms with E-state index < -0.39 is 12.1 Å². The number of carbonyl (C=O) groups is 3. The molecule has 3 amide bonds.